The summed E-state index contributed by atoms with van der Waals surface area (Å²) in [4.78, 5) is 14.4. The average Bonchev–Trinajstić information content (AvgIpc) is 3.43. The quantitative estimate of drug-likeness (QED) is 0.569. The van der Waals surface area contributed by atoms with Crippen LogP contribution in [0.3, 0.4) is 0 Å². The predicted molar refractivity (Wildman–Crippen MR) is 109 cm³/mol. The van der Waals surface area contributed by atoms with Crippen molar-refractivity contribution in [3.8, 4) is 16.9 Å². The highest BCUT2D eigenvalue weighted by molar-refractivity contribution is 5.87. The molecule has 0 amide bonds. The molecule has 0 unspecified atom stereocenters. The maximum absolute atomic E-state index is 5.38. The van der Waals surface area contributed by atoms with Crippen LogP contribution >= 0.6 is 0 Å². The SMILES string of the molecule is COc1cccc(-c2cn[nH]c2C2CCN(c3ncnc4[nH]ccc34)CC2)c1. The monoisotopic (exact) mass is 374 g/mol. The van der Waals surface area contributed by atoms with Gasteiger partial charge in [0.1, 0.15) is 23.5 Å². The van der Waals surface area contributed by atoms with Crippen LogP contribution in [0.15, 0.2) is 49.1 Å². The first-order chi connectivity index (χ1) is 13.8. The number of nitrogens with one attached hydrogen (secondary N) is 2. The standard InChI is InChI=1S/C21H22N6O/c1-28-16-4-2-3-15(11-16)18-12-25-26-19(18)14-6-9-27(10-7-14)21-17-5-8-22-20(17)23-13-24-21/h2-5,8,11-14H,6-7,9-10H2,1H3,(H,25,26)(H,22,23,24). The van der Waals surface area contributed by atoms with E-state index >= 15 is 0 Å². The number of hydrogen-bond donors (Lipinski definition) is 2. The Labute approximate surface area is 162 Å². The van der Waals surface area contributed by atoms with Crippen LogP contribution in [-0.2, 0) is 0 Å². The third kappa shape index (κ3) is 2.89. The second kappa shape index (κ2) is 6.99. The summed E-state index contributed by atoms with van der Waals surface area (Å²) in [7, 11) is 1.69. The molecule has 1 aliphatic heterocycles. The van der Waals surface area contributed by atoms with Crippen molar-refractivity contribution in [1.82, 2.24) is 25.1 Å². The Hall–Kier alpha value is -3.35. The molecule has 0 atom stereocenters. The van der Waals surface area contributed by atoms with Crippen LogP contribution in [-0.4, -0.2) is 45.3 Å². The lowest BCUT2D eigenvalue weighted by Gasteiger charge is -2.33. The Bertz CT molecular complexity index is 1090. The first-order valence-corrected chi connectivity index (χ1v) is 9.54. The Morgan fingerprint density at radius 1 is 1.14 bits per heavy atom. The van der Waals surface area contributed by atoms with Crippen LogP contribution in [0.4, 0.5) is 5.82 Å². The number of anilines is 1. The molecule has 7 nitrogen and oxygen atoms in total. The van der Waals surface area contributed by atoms with Gasteiger partial charge in [0.05, 0.1) is 18.7 Å². The second-order valence-corrected chi connectivity index (χ2v) is 7.13. The van der Waals surface area contributed by atoms with E-state index in [1.807, 2.05) is 30.6 Å². The highest BCUT2D eigenvalue weighted by Gasteiger charge is 2.26. The van der Waals surface area contributed by atoms with Crippen molar-refractivity contribution < 1.29 is 4.74 Å². The largest absolute Gasteiger partial charge is 0.497 e. The number of piperidine rings is 1. The molecule has 0 spiro atoms. The number of H-pyrrole nitrogens is 2. The van der Waals surface area contributed by atoms with Crippen molar-refractivity contribution in [2.75, 3.05) is 25.1 Å². The molecule has 28 heavy (non-hydrogen) atoms. The highest BCUT2D eigenvalue weighted by atomic mass is 16.5. The Kier molecular flexibility index (Phi) is 4.20. The zero-order valence-electron chi connectivity index (χ0n) is 15.7. The summed E-state index contributed by atoms with van der Waals surface area (Å²) < 4.78 is 5.38. The van der Waals surface area contributed by atoms with Gasteiger partial charge in [-0.25, -0.2) is 9.97 Å². The molecule has 1 fully saturated rings. The number of aromatic nitrogens is 5. The number of rotatable bonds is 4. The molecule has 142 valence electrons. The Morgan fingerprint density at radius 2 is 2.04 bits per heavy atom. The maximum atomic E-state index is 5.38. The molecule has 4 heterocycles. The second-order valence-electron chi connectivity index (χ2n) is 7.13. The molecule has 7 heteroatoms. The van der Waals surface area contributed by atoms with E-state index < -0.39 is 0 Å². The summed E-state index contributed by atoms with van der Waals surface area (Å²) in [5.74, 6) is 2.32. The summed E-state index contributed by atoms with van der Waals surface area (Å²) in [6.45, 7) is 1.91. The van der Waals surface area contributed by atoms with Crippen LogP contribution in [0.2, 0.25) is 0 Å². The van der Waals surface area contributed by atoms with E-state index in [0.717, 1.165) is 59.7 Å². The van der Waals surface area contributed by atoms with Gasteiger partial charge in [-0.2, -0.15) is 5.10 Å². The van der Waals surface area contributed by atoms with Gasteiger partial charge < -0.3 is 14.6 Å². The average molecular weight is 374 g/mol. The van der Waals surface area contributed by atoms with Gasteiger partial charge in [0, 0.05) is 36.5 Å². The first kappa shape index (κ1) is 16.8. The van der Waals surface area contributed by atoms with Crippen LogP contribution in [0.25, 0.3) is 22.2 Å². The molecular weight excluding hydrogens is 352 g/mol. The predicted octanol–water partition coefficient (Wildman–Crippen LogP) is 3.74. The van der Waals surface area contributed by atoms with Gasteiger partial charge in [0.15, 0.2) is 0 Å². The fourth-order valence-electron chi connectivity index (χ4n) is 4.12. The molecule has 4 aromatic rings. The molecule has 5 rings (SSSR count). The highest BCUT2D eigenvalue weighted by Crippen LogP contribution is 2.36. The van der Waals surface area contributed by atoms with Crippen molar-refractivity contribution in [2.24, 2.45) is 0 Å². The smallest absolute Gasteiger partial charge is 0.142 e. The molecule has 0 saturated carbocycles. The van der Waals surface area contributed by atoms with E-state index in [0.29, 0.717) is 5.92 Å². The molecule has 3 aromatic heterocycles. The van der Waals surface area contributed by atoms with Gasteiger partial charge in [-0.1, -0.05) is 12.1 Å². The molecule has 0 bridgehead atoms. The van der Waals surface area contributed by atoms with Crippen LogP contribution in [0.1, 0.15) is 24.5 Å². The number of benzene rings is 1. The maximum Gasteiger partial charge on any atom is 0.142 e. The molecule has 1 aromatic carbocycles. The van der Waals surface area contributed by atoms with E-state index in [-0.39, 0.29) is 0 Å². The third-order valence-electron chi connectivity index (χ3n) is 5.59. The van der Waals surface area contributed by atoms with E-state index in [4.69, 9.17) is 4.74 Å². The number of nitrogens with zero attached hydrogens (tertiary/aromatic N) is 4. The number of fused-ring (bicyclic) bond motifs is 1. The molecular formula is C21H22N6O. The van der Waals surface area contributed by atoms with Crippen LogP contribution < -0.4 is 9.64 Å². The molecule has 1 saturated heterocycles. The van der Waals surface area contributed by atoms with Crippen molar-refractivity contribution in [3.63, 3.8) is 0 Å². The summed E-state index contributed by atoms with van der Waals surface area (Å²) in [6, 6.07) is 10.2. The zero-order chi connectivity index (χ0) is 18.9. The topological polar surface area (TPSA) is 82.7 Å². The van der Waals surface area contributed by atoms with Gasteiger partial charge in [-0.05, 0) is 36.6 Å². The van der Waals surface area contributed by atoms with Crippen LogP contribution in [0, 0.1) is 0 Å². The summed E-state index contributed by atoms with van der Waals surface area (Å²) in [5.41, 5.74) is 4.39. The number of ether oxygens (including phenoxy) is 1. The Morgan fingerprint density at radius 3 is 2.89 bits per heavy atom. The van der Waals surface area contributed by atoms with Gasteiger partial charge >= 0.3 is 0 Å². The fourth-order valence-corrected chi connectivity index (χ4v) is 4.12. The summed E-state index contributed by atoms with van der Waals surface area (Å²) >= 11 is 0. The van der Waals surface area contributed by atoms with E-state index in [1.165, 1.54) is 5.69 Å². The van der Waals surface area contributed by atoms with Crippen molar-refractivity contribution in [3.05, 3.63) is 54.7 Å². The minimum absolute atomic E-state index is 0.448. The number of hydrogen-bond acceptors (Lipinski definition) is 5. The minimum atomic E-state index is 0.448. The van der Waals surface area contributed by atoms with Gasteiger partial charge in [0.2, 0.25) is 0 Å². The van der Waals surface area contributed by atoms with E-state index in [2.05, 4.69) is 42.2 Å². The molecule has 1 aliphatic rings. The summed E-state index contributed by atoms with van der Waals surface area (Å²) in [5, 5.41) is 8.67. The molecule has 0 radical (unpaired) electrons. The first-order valence-electron chi connectivity index (χ1n) is 9.54. The lowest BCUT2D eigenvalue weighted by molar-refractivity contribution is 0.415. The third-order valence-corrected chi connectivity index (χ3v) is 5.59. The lowest BCUT2D eigenvalue weighted by atomic mass is 9.89. The summed E-state index contributed by atoms with van der Waals surface area (Å²) in [6.07, 6.45) is 7.57. The number of methoxy groups -OCH3 is 1. The van der Waals surface area contributed by atoms with Gasteiger partial charge in [-0.15, -0.1) is 0 Å². The fraction of sp³-hybridized carbons (Fsp3) is 0.286. The Balaban J connectivity index is 1.37. The van der Waals surface area contributed by atoms with Gasteiger partial charge in [-0.3, -0.25) is 5.10 Å². The normalized spacial score (nSPS) is 15.2. The molecule has 2 N–H and O–H groups in total. The van der Waals surface area contributed by atoms with E-state index in [1.54, 1.807) is 13.4 Å². The zero-order valence-corrected chi connectivity index (χ0v) is 15.7. The van der Waals surface area contributed by atoms with E-state index in [9.17, 15) is 0 Å². The van der Waals surface area contributed by atoms with Crippen molar-refractivity contribution in [1.29, 1.82) is 0 Å². The minimum Gasteiger partial charge on any atom is -0.497 e. The van der Waals surface area contributed by atoms with Crippen molar-refractivity contribution >= 4 is 16.9 Å². The van der Waals surface area contributed by atoms with Crippen LogP contribution in [0.5, 0.6) is 5.75 Å². The van der Waals surface area contributed by atoms with Gasteiger partial charge in [0.25, 0.3) is 0 Å². The van der Waals surface area contributed by atoms with Crippen molar-refractivity contribution in [2.45, 2.75) is 18.8 Å². The lowest BCUT2D eigenvalue weighted by Crippen LogP contribution is -2.33. The number of aromatic amines is 2. The molecule has 0 aliphatic carbocycles.